The highest BCUT2D eigenvalue weighted by Crippen LogP contribution is 2.26. The summed E-state index contributed by atoms with van der Waals surface area (Å²) in [5.74, 6) is -2.96. The summed E-state index contributed by atoms with van der Waals surface area (Å²) in [5, 5.41) is 11.4. The van der Waals surface area contributed by atoms with Gasteiger partial charge in [-0.05, 0) is 37.3 Å². The summed E-state index contributed by atoms with van der Waals surface area (Å²) in [7, 11) is 0. The van der Waals surface area contributed by atoms with Crippen LogP contribution in [0.5, 0.6) is 0 Å². The van der Waals surface area contributed by atoms with E-state index in [9.17, 15) is 19.2 Å². The van der Waals surface area contributed by atoms with Crippen molar-refractivity contribution >= 4 is 28.6 Å². The van der Waals surface area contributed by atoms with Crippen LogP contribution in [0.2, 0.25) is 0 Å². The molecule has 11 nitrogen and oxygen atoms in total. The number of aromatic amines is 1. The lowest BCUT2D eigenvalue weighted by Gasteiger charge is -2.32. The molecule has 0 saturated heterocycles. The number of para-hydroxylation sites is 2. The van der Waals surface area contributed by atoms with Gasteiger partial charge < -0.3 is 15.1 Å². The minimum atomic E-state index is -0.904. The van der Waals surface area contributed by atoms with Gasteiger partial charge in [-0.25, -0.2) is 14.9 Å². The van der Waals surface area contributed by atoms with Crippen molar-refractivity contribution in [3.63, 3.8) is 0 Å². The highest BCUT2D eigenvalue weighted by atomic mass is 16.4. The average molecular weight is 481 g/mol. The Morgan fingerprint density at radius 3 is 2.60 bits per heavy atom. The molecular formula is C24H28N6O5. The molecule has 2 heterocycles. The molecule has 0 radical (unpaired) electrons. The van der Waals surface area contributed by atoms with Crippen LogP contribution in [-0.4, -0.2) is 49.8 Å². The van der Waals surface area contributed by atoms with E-state index in [-0.39, 0.29) is 23.4 Å². The highest BCUT2D eigenvalue weighted by molar-refractivity contribution is 5.99. The number of amides is 2. The zero-order valence-electron chi connectivity index (χ0n) is 19.6. The first-order valence-corrected chi connectivity index (χ1v) is 11.7. The summed E-state index contributed by atoms with van der Waals surface area (Å²) >= 11 is 0. The molecule has 0 aliphatic heterocycles. The maximum atomic E-state index is 13.3. The predicted molar refractivity (Wildman–Crippen MR) is 126 cm³/mol. The first-order valence-electron chi connectivity index (χ1n) is 11.7. The lowest BCUT2D eigenvalue weighted by Crippen LogP contribution is -2.52. The van der Waals surface area contributed by atoms with E-state index >= 15 is 0 Å². The molecular weight excluding hydrogens is 452 g/mol. The number of ketones is 1. The highest BCUT2D eigenvalue weighted by Gasteiger charge is 2.35. The molecule has 1 fully saturated rings. The predicted octanol–water partition coefficient (Wildman–Crippen LogP) is 2.01. The van der Waals surface area contributed by atoms with Crippen molar-refractivity contribution in [3.05, 3.63) is 52.6 Å². The molecule has 35 heavy (non-hydrogen) atoms. The van der Waals surface area contributed by atoms with Gasteiger partial charge in [-0.2, -0.15) is 0 Å². The third-order valence-electron chi connectivity index (χ3n) is 6.09. The lowest BCUT2D eigenvalue weighted by atomic mass is 9.83. The average Bonchev–Trinajstić information content (AvgIpc) is 3.29. The van der Waals surface area contributed by atoms with Crippen molar-refractivity contribution in [1.29, 1.82) is 0 Å². The van der Waals surface area contributed by atoms with Crippen molar-refractivity contribution in [2.24, 2.45) is 11.8 Å². The standard InChI is InChI=1S/C24H28N6O5/c1-13(2)11-18(20(31)23-29-30-24(34)35-23)28-21(32)14-7-3-4-8-15(14)27-22(33)19-12-25-16-9-5-6-10-17(16)26-19/h5-6,9-10,12-15,18H,3-4,7-8,11H2,1-2H3,(H,27,33)(H,28,32)(H,30,34)/t14-,15+,18+/m1/s1. The van der Waals surface area contributed by atoms with E-state index in [1.165, 1.54) is 6.20 Å². The molecule has 1 saturated carbocycles. The number of carbonyl (C=O) groups excluding carboxylic acids is 3. The van der Waals surface area contributed by atoms with Gasteiger partial charge in [-0.3, -0.25) is 19.4 Å². The van der Waals surface area contributed by atoms with E-state index in [1.54, 1.807) is 6.07 Å². The molecule has 1 aliphatic carbocycles. The van der Waals surface area contributed by atoms with Gasteiger partial charge in [0.1, 0.15) is 5.69 Å². The molecule has 1 aliphatic rings. The van der Waals surface area contributed by atoms with Gasteiger partial charge >= 0.3 is 5.76 Å². The van der Waals surface area contributed by atoms with E-state index < -0.39 is 35.4 Å². The summed E-state index contributed by atoms with van der Waals surface area (Å²) in [5.41, 5.74) is 1.47. The fraction of sp³-hybridized carbons (Fsp3) is 0.458. The Bertz CT molecular complexity index is 1280. The van der Waals surface area contributed by atoms with Gasteiger partial charge in [0.2, 0.25) is 11.7 Å². The van der Waals surface area contributed by atoms with Crippen LogP contribution in [0.25, 0.3) is 11.0 Å². The Hall–Kier alpha value is -3.89. The molecule has 0 spiro atoms. The maximum absolute atomic E-state index is 13.3. The van der Waals surface area contributed by atoms with Crippen molar-refractivity contribution in [2.75, 3.05) is 0 Å². The lowest BCUT2D eigenvalue weighted by molar-refractivity contribution is -0.127. The molecule has 184 valence electrons. The summed E-state index contributed by atoms with van der Waals surface area (Å²) in [6.07, 6.45) is 4.66. The number of Topliss-reactive ketones (excluding diaryl/α,β-unsaturated/α-hetero) is 1. The zero-order valence-corrected chi connectivity index (χ0v) is 19.6. The molecule has 2 aromatic heterocycles. The van der Waals surface area contributed by atoms with Crippen molar-refractivity contribution < 1.29 is 18.8 Å². The summed E-state index contributed by atoms with van der Waals surface area (Å²) in [6, 6.07) is 5.95. The van der Waals surface area contributed by atoms with Gasteiger partial charge in [0, 0.05) is 6.04 Å². The number of hydrogen-bond acceptors (Lipinski definition) is 8. The third kappa shape index (κ3) is 5.79. The van der Waals surface area contributed by atoms with Crippen molar-refractivity contribution in [2.45, 2.75) is 58.0 Å². The SMILES string of the molecule is CC(C)C[C@H](NC(=O)[C@@H]1CCCC[C@@H]1NC(=O)c1cnc2ccccc2n1)C(=O)c1n[nH]c(=O)o1. The molecule has 2 amide bonds. The van der Waals surface area contributed by atoms with Gasteiger partial charge in [0.05, 0.1) is 29.2 Å². The second kappa shape index (κ2) is 10.6. The normalized spacial score (nSPS) is 18.8. The monoisotopic (exact) mass is 480 g/mol. The quantitative estimate of drug-likeness (QED) is 0.413. The Morgan fingerprint density at radius 2 is 1.89 bits per heavy atom. The van der Waals surface area contributed by atoms with E-state index in [2.05, 4.69) is 30.8 Å². The Balaban J connectivity index is 1.47. The zero-order chi connectivity index (χ0) is 24.9. The first-order chi connectivity index (χ1) is 16.8. The molecule has 4 rings (SSSR count). The number of aromatic nitrogens is 4. The largest absolute Gasteiger partial charge is 0.434 e. The molecule has 11 heteroatoms. The van der Waals surface area contributed by atoms with Gasteiger partial charge in [0.25, 0.3) is 11.8 Å². The minimum Gasteiger partial charge on any atom is -0.384 e. The van der Waals surface area contributed by atoms with Crippen LogP contribution >= 0.6 is 0 Å². The van der Waals surface area contributed by atoms with Crippen molar-refractivity contribution in [3.8, 4) is 0 Å². The molecule has 0 unspecified atom stereocenters. The van der Waals surface area contributed by atoms with Gasteiger partial charge in [0.15, 0.2) is 0 Å². The van der Waals surface area contributed by atoms with Gasteiger partial charge in [-0.15, -0.1) is 5.10 Å². The van der Waals surface area contributed by atoms with E-state index in [0.29, 0.717) is 30.3 Å². The van der Waals surface area contributed by atoms with E-state index in [4.69, 9.17) is 4.42 Å². The van der Waals surface area contributed by atoms with Crippen LogP contribution in [0.3, 0.4) is 0 Å². The Kier molecular flexibility index (Phi) is 7.33. The van der Waals surface area contributed by atoms with Crippen molar-refractivity contribution in [1.82, 2.24) is 30.8 Å². The number of hydrogen-bond donors (Lipinski definition) is 3. The fourth-order valence-electron chi connectivity index (χ4n) is 4.39. The number of H-pyrrole nitrogens is 1. The van der Waals surface area contributed by atoms with Gasteiger partial charge in [-0.1, -0.05) is 38.8 Å². The topological polar surface area (TPSA) is 160 Å². The fourth-order valence-corrected chi connectivity index (χ4v) is 4.39. The molecule has 0 bridgehead atoms. The van der Waals surface area contributed by atoms with Crippen LogP contribution in [0.1, 0.15) is 67.1 Å². The first kappa shape index (κ1) is 24.2. The van der Waals surface area contributed by atoms with E-state index in [0.717, 1.165) is 12.8 Å². The number of nitrogens with one attached hydrogen (secondary N) is 3. The summed E-state index contributed by atoms with van der Waals surface area (Å²) < 4.78 is 4.80. The number of nitrogens with zero attached hydrogens (tertiary/aromatic N) is 3. The summed E-state index contributed by atoms with van der Waals surface area (Å²) in [6.45, 7) is 3.84. The van der Waals surface area contributed by atoms with Crippen LogP contribution in [0.4, 0.5) is 0 Å². The number of benzene rings is 1. The maximum Gasteiger partial charge on any atom is 0.434 e. The number of rotatable bonds is 8. The van der Waals surface area contributed by atoms with E-state index in [1.807, 2.05) is 32.0 Å². The van der Waals surface area contributed by atoms with Crippen LogP contribution in [0.15, 0.2) is 39.7 Å². The molecule has 3 atom stereocenters. The Morgan fingerprint density at radius 1 is 1.14 bits per heavy atom. The summed E-state index contributed by atoms with van der Waals surface area (Å²) in [4.78, 5) is 59.0. The second-order valence-electron chi connectivity index (χ2n) is 9.19. The number of carbonyl (C=O) groups is 3. The molecule has 3 aromatic rings. The molecule has 3 N–H and O–H groups in total. The van der Waals surface area contributed by atoms with Crippen LogP contribution in [0, 0.1) is 11.8 Å². The van der Waals surface area contributed by atoms with Crippen LogP contribution < -0.4 is 16.4 Å². The number of fused-ring (bicyclic) bond motifs is 1. The Labute approximate surface area is 201 Å². The second-order valence-corrected chi connectivity index (χ2v) is 9.19. The minimum absolute atomic E-state index is 0.0863. The van der Waals surface area contributed by atoms with Crippen LogP contribution in [-0.2, 0) is 4.79 Å². The smallest absolute Gasteiger partial charge is 0.384 e. The third-order valence-corrected chi connectivity index (χ3v) is 6.09. The molecule has 1 aromatic carbocycles.